The van der Waals surface area contributed by atoms with Crippen molar-refractivity contribution >= 4 is 58.3 Å². The van der Waals surface area contributed by atoms with Gasteiger partial charge in [-0.3, -0.25) is 14.5 Å². The first-order valence-corrected chi connectivity index (χ1v) is 10.4. The molecule has 1 unspecified atom stereocenters. The molecule has 154 valence electrons. The summed E-state index contributed by atoms with van der Waals surface area (Å²) in [7, 11) is 0. The molecule has 1 atom stereocenters. The Morgan fingerprint density at radius 1 is 1.11 bits per heavy atom. The molecule has 6 nitrogen and oxygen atoms in total. The van der Waals surface area contributed by atoms with E-state index in [1.807, 2.05) is 0 Å². The third kappa shape index (κ3) is 5.52. The summed E-state index contributed by atoms with van der Waals surface area (Å²) < 4.78 is 0. The van der Waals surface area contributed by atoms with Crippen LogP contribution in [0, 0.1) is 0 Å². The number of anilines is 1. The highest BCUT2D eigenvalue weighted by molar-refractivity contribution is 6.42. The van der Waals surface area contributed by atoms with E-state index in [0.717, 1.165) is 37.0 Å². The maximum absolute atomic E-state index is 12.7. The van der Waals surface area contributed by atoms with Crippen molar-refractivity contribution in [3.8, 4) is 0 Å². The molecule has 1 fully saturated rings. The van der Waals surface area contributed by atoms with Crippen LogP contribution in [0.2, 0.25) is 15.1 Å². The van der Waals surface area contributed by atoms with Crippen LogP contribution in [0.25, 0.3) is 0 Å². The minimum Gasteiger partial charge on any atom is -0.323 e. The monoisotopic (exact) mass is 447 g/mol. The van der Waals surface area contributed by atoms with Crippen molar-refractivity contribution in [3.05, 3.63) is 27.2 Å². The summed E-state index contributed by atoms with van der Waals surface area (Å²) in [5.41, 5.74) is -0.803. The van der Waals surface area contributed by atoms with Gasteiger partial charge in [-0.05, 0) is 25.5 Å². The van der Waals surface area contributed by atoms with Crippen molar-refractivity contribution in [2.75, 3.05) is 11.9 Å². The van der Waals surface area contributed by atoms with E-state index in [2.05, 4.69) is 17.6 Å². The average molecular weight is 449 g/mol. The lowest BCUT2D eigenvalue weighted by atomic mass is 9.94. The number of halogens is 3. The van der Waals surface area contributed by atoms with E-state index in [1.54, 1.807) is 6.92 Å². The third-order valence-corrected chi connectivity index (χ3v) is 5.51. The molecule has 0 spiro atoms. The summed E-state index contributed by atoms with van der Waals surface area (Å²) in [6, 6.07) is 2.30. The number of imide groups is 1. The number of nitrogens with zero attached hydrogens (tertiary/aromatic N) is 1. The average Bonchev–Trinajstić information content (AvgIpc) is 2.81. The number of urea groups is 1. The lowest BCUT2D eigenvalue weighted by Crippen LogP contribution is -2.44. The Balaban J connectivity index is 1.97. The number of carbonyl (C=O) groups excluding carboxylic acids is 3. The van der Waals surface area contributed by atoms with Crippen molar-refractivity contribution in [3.63, 3.8) is 0 Å². The molecule has 1 saturated heterocycles. The lowest BCUT2D eigenvalue weighted by molar-refractivity contribution is -0.133. The molecular weight excluding hydrogens is 425 g/mol. The zero-order chi connectivity index (χ0) is 20.9. The van der Waals surface area contributed by atoms with E-state index in [4.69, 9.17) is 34.8 Å². The van der Waals surface area contributed by atoms with Crippen LogP contribution in [-0.2, 0) is 9.59 Å². The van der Waals surface area contributed by atoms with Crippen LogP contribution in [0.5, 0.6) is 0 Å². The molecule has 28 heavy (non-hydrogen) atoms. The molecular formula is C19H24Cl3N3O3. The molecule has 4 amide bonds. The molecule has 0 saturated carbocycles. The zero-order valence-corrected chi connectivity index (χ0v) is 18.2. The van der Waals surface area contributed by atoms with Gasteiger partial charge in [0.05, 0.1) is 15.7 Å². The molecule has 1 aromatic rings. The first-order valence-electron chi connectivity index (χ1n) is 9.26. The second kappa shape index (κ2) is 9.81. The number of amides is 4. The lowest BCUT2D eigenvalue weighted by Gasteiger charge is -2.21. The summed E-state index contributed by atoms with van der Waals surface area (Å²) in [6.45, 7) is 3.40. The van der Waals surface area contributed by atoms with E-state index in [1.165, 1.54) is 12.1 Å². The van der Waals surface area contributed by atoms with Gasteiger partial charge in [0, 0.05) is 5.02 Å². The van der Waals surface area contributed by atoms with Gasteiger partial charge in [0.1, 0.15) is 12.1 Å². The topological polar surface area (TPSA) is 78.5 Å². The predicted molar refractivity (Wildman–Crippen MR) is 112 cm³/mol. The number of rotatable bonds is 9. The molecule has 9 heteroatoms. The fraction of sp³-hybridized carbons (Fsp3) is 0.526. The normalized spacial score (nSPS) is 19.1. The maximum Gasteiger partial charge on any atom is 0.325 e. The van der Waals surface area contributed by atoms with Gasteiger partial charge in [-0.15, -0.1) is 0 Å². The molecule has 2 rings (SSSR count). The fourth-order valence-electron chi connectivity index (χ4n) is 3.13. The molecule has 1 heterocycles. The number of nitrogens with one attached hydrogen (secondary N) is 2. The number of benzene rings is 1. The van der Waals surface area contributed by atoms with Gasteiger partial charge in [-0.25, -0.2) is 4.79 Å². The second-order valence-corrected chi connectivity index (χ2v) is 8.36. The first-order chi connectivity index (χ1) is 13.2. The summed E-state index contributed by atoms with van der Waals surface area (Å²) >= 11 is 17.9. The van der Waals surface area contributed by atoms with E-state index in [9.17, 15) is 14.4 Å². The number of hydrogen-bond donors (Lipinski definition) is 2. The zero-order valence-electron chi connectivity index (χ0n) is 15.9. The highest BCUT2D eigenvalue weighted by Gasteiger charge is 2.47. The SMILES string of the molecule is CCCCCCCC1(C)NC(=O)N(CC(=O)Nc2c(Cl)cc(Cl)cc2Cl)C1=O. The molecule has 1 aliphatic rings. The quantitative estimate of drug-likeness (QED) is 0.400. The Hall–Kier alpha value is -1.50. The molecule has 0 aromatic heterocycles. The van der Waals surface area contributed by atoms with Crippen molar-refractivity contribution in [1.29, 1.82) is 0 Å². The second-order valence-electron chi connectivity index (χ2n) is 7.11. The highest BCUT2D eigenvalue weighted by atomic mass is 35.5. The Bertz CT molecular complexity index is 749. The first kappa shape index (κ1) is 22.8. The van der Waals surface area contributed by atoms with E-state index in [-0.39, 0.29) is 15.7 Å². The maximum atomic E-state index is 12.7. The van der Waals surface area contributed by atoms with Crippen molar-refractivity contribution in [1.82, 2.24) is 10.2 Å². The predicted octanol–water partition coefficient (Wildman–Crippen LogP) is 5.26. The molecule has 0 aliphatic carbocycles. The van der Waals surface area contributed by atoms with Gasteiger partial charge < -0.3 is 10.6 Å². The fourth-order valence-corrected chi connectivity index (χ4v) is 4.04. The van der Waals surface area contributed by atoms with Crippen LogP contribution in [0.4, 0.5) is 10.5 Å². The Morgan fingerprint density at radius 3 is 2.32 bits per heavy atom. The Morgan fingerprint density at radius 2 is 1.71 bits per heavy atom. The van der Waals surface area contributed by atoms with Crippen LogP contribution >= 0.6 is 34.8 Å². The van der Waals surface area contributed by atoms with E-state index < -0.39 is 29.9 Å². The Labute approximate surface area is 179 Å². The van der Waals surface area contributed by atoms with Crippen molar-refractivity contribution in [2.45, 2.75) is 57.9 Å². The van der Waals surface area contributed by atoms with Gasteiger partial charge in [-0.1, -0.05) is 73.8 Å². The van der Waals surface area contributed by atoms with Gasteiger partial charge in [0.15, 0.2) is 0 Å². The molecule has 0 radical (unpaired) electrons. The smallest absolute Gasteiger partial charge is 0.323 e. The van der Waals surface area contributed by atoms with Gasteiger partial charge in [0.25, 0.3) is 5.91 Å². The van der Waals surface area contributed by atoms with Crippen LogP contribution in [0.1, 0.15) is 52.4 Å². The molecule has 2 N–H and O–H groups in total. The number of unbranched alkanes of at least 4 members (excludes halogenated alkanes) is 4. The largest absolute Gasteiger partial charge is 0.325 e. The van der Waals surface area contributed by atoms with Crippen LogP contribution < -0.4 is 10.6 Å². The third-order valence-electron chi connectivity index (χ3n) is 4.70. The van der Waals surface area contributed by atoms with Crippen molar-refractivity contribution in [2.24, 2.45) is 0 Å². The minimum absolute atomic E-state index is 0.167. The molecule has 0 bridgehead atoms. The summed E-state index contributed by atoms with van der Waals surface area (Å²) in [5.74, 6) is -0.988. The van der Waals surface area contributed by atoms with Gasteiger partial charge in [-0.2, -0.15) is 0 Å². The van der Waals surface area contributed by atoms with E-state index in [0.29, 0.717) is 11.4 Å². The summed E-state index contributed by atoms with van der Waals surface area (Å²) in [5, 5.41) is 5.90. The van der Waals surface area contributed by atoms with Gasteiger partial charge in [0.2, 0.25) is 5.91 Å². The Kier molecular flexibility index (Phi) is 7.98. The standard InChI is InChI=1S/C19H24Cl3N3O3/c1-3-4-5-6-7-8-19(2)17(27)25(18(28)24-19)11-15(26)23-16-13(21)9-12(20)10-14(16)22/h9-10H,3-8,11H2,1-2H3,(H,23,26)(H,24,28). The minimum atomic E-state index is -0.987. The highest BCUT2D eigenvalue weighted by Crippen LogP contribution is 2.33. The van der Waals surface area contributed by atoms with Gasteiger partial charge >= 0.3 is 6.03 Å². The number of carbonyl (C=O) groups is 3. The van der Waals surface area contributed by atoms with Crippen LogP contribution in [0.3, 0.4) is 0 Å². The number of hydrogen-bond acceptors (Lipinski definition) is 3. The van der Waals surface area contributed by atoms with E-state index >= 15 is 0 Å². The van der Waals surface area contributed by atoms with Crippen molar-refractivity contribution < 1.29 is 14.4 Å². The summed E-state index contributed by atoms with van der Waals surface area (Å²) in [6.07, 6.45) is 5.76. The molecule has 1 aliphatic heterocycles. The summed E-state index contributed by atoms with van der Waals surface area (Å²) in [4.78, 5) is 38.2. The van der Waals surface area contributed by atoms with Crippen LogP contribution in [0.15, 0.2) is 12.1 Å². The molecule has 1 aromatic carbocycles. The van der Waals surface area contributed by atoms with Crippen LogP contribution in [-0.4, -0.2) is 34.8 Å².